The van der Waals surface area contributed by atoms with Gasteiger partial charge in [0.05, 0.1) is 0 Å². The van der Waals surface area contributed by atoms with Crippen molar-refractivity contribution in [1.29, 1.82) is 0 Å². The van der Waals surface area contributed by atoms with E-state index in [1.807, 2.05) is 30.3 Å². The molecule has 0 unspecified atom stereocenters. The summed E-state index contributed by atoms with van der Waals surface area (Å²) in [7, 11) is 0. The van der Waals surface area contributed by atoms with Crippen LogP contribution in [0.4, 0.5) is 0 Å². The maximum absolute atomic E-state index is 12.3. The molecular weight excluding hydrogens is 370 g/mol. The Hall–Kier alpha value is -2.01. The van der Waals surface area contributed by atoms with Crippen molar-refractivity contribution < 1.29 is 4.79 Å². The van der Waals surface area contributed by atoms with E-state index in [4.69, 9.17) is 0 Å². The second-order valence-electron chi connectivity index (χ2n) is 6.88. The number of carbonyl (C=O) groups is 1. The molecule has 1 aliphatic heterocycles. The summed E-state index contributed by atoms with van der Waals surface area (Å²) in [4.78, 5) is 14.8. The van der Waals surface area contributed by atoms with Gasteiger partial charge in [-0.3, -0.25) is 4.79 Å². The first-order valence-electron chi connectivity index (χ1n) is 9.39. The van der Waals surface area contributed by atoms with Crippen LogP contribution in [0.2, 0.25) is 0 Å². The van der Waals surface area contributed by atoms with Crippen molar-refractivity contribution in [3.63, 3.8) is 0 Å². The topological polar surface area (TPSA) is 20.3 Å². The number of thiophene rings is 2. The lowest BCUT2D eigenvalue weighted by Crippen LogP contribution is -2.33. The van der Waals surface area contributed by atoms with Crippen LogP contribution in [-0.2, 0) is 0 Å². The molecule has 0 aliphatic carbocycles. The fourth-order valence-electron chi connectivity index (χ4n) is 3.71. The Bertz CT molecular complexity index is 849. The summed E-state index contributed by atoms with van der Waals surface area (Å²) in [5, 5.41) is 8.83. The average Bonchev–Trinajstić information content (AvgIpc) is 3.43. The van der Waals surface area contributed by atoms with E-state index in [0.717, 1.165) is 38.0 Å². The highest BCUT2D eigenvalue weighted by molar-refractivity contribution is 7.08. The molecule has 0 saturated carbocycles. The molecule has 2 nitrogen and oxygen atoms in total. The number of nitrogens with zero attached hydrogens (tertiary/aromatic N) is 1. The van der Waals surface area contributed by atoms with E-state index in [2.05, 4.69) is 38.6 Å². The molecule has 4 rings (SSSR count). The van der Waals surface area contributed by atoms with Crippen molar-refractivity contribution in [3.05, 3.63) is 86.2 Å². The molecule has 3 heterocycles. The standard InChI is InChI=1S/C23H23NOS2/c25-22(18-4-2-1-3-5-18)8-13-24-11-6-19(7-12-24)23(20-9-14-26-16-20)21-10-15-27-17-21/h1-5,9-10,14-17H,6-8,11-13H2. The highest BCUT2D eigenvalue weighted by Crippen LogP contribution is 2.34. The molecule has 0 atom stereocenters. The molecule has 27 heavy (non-hydrogen) atoms. The number of hydrogen-bond donors (Lipinski definition) is 0. The minimum atomic E-state index is 0.245. The first-order chi connectivity index (χ1) is 13.3. The Morgan fingerprint density at radius 2 is 1.48 bits per heavy atom. The molecular formula is C23H23NOS2. The van der Waals surface area contributed by atoms with Gasteiger partial charge in [-0.2, -0.15) is 22.7 Å². The van der Waals surface area contributed by atoms with Crippen LogP contribution in [0.5, 0.6) is 0 Å². The lowest BCUT2D eigenvalue weighted by molar-refractivity contribution is 0.0962. The summed E-state index contributed by atoms with van der Waals surface area (Å²) in [5.41, 5.74) is 6.50. The number of piperidine rings is 1. The van der Waals surface area contributed by atoms with E-state index >= 15 is 0 Å². The number of hydrogen-bond acceptors (Lipinski definition) is 4. The molecule has 0 amide bonds. The Kier molecular flexibility index (Phi) is 5.97. The van der Waals surface area contributed by atoms with Gasteiger partial charge in [0.15, 0.2) is 5.78 Å². The molecule has 0 N–H and O–H groups in total. The van der Waals surface area contributed by atoms with Crippen molar-refractivity contribution in [2.45, 2.75) is 19.3 Å². The van der Waals surface area contributed by atoms with Gasteiger partial charge in [0.1, 0.15) is 0 Å². The maximum Gasteiger partial charge on any atom is 0.164 e. The summed E-state index contributed by atoms with van der Waals surface area (Å²) in [6, 6.07) is 14.1. The van der Waals surface area contributed by atoms with Crippen molar-refractivity contribution >= 4 is 34.0 Å². The largest absolute Gasteiger partial charge is 0.302 e. The third-order valence-electron chi connectivity index (χ3n) is 5.18. The molecule has 2 aromatic heterocycles. The summed E-state index contributed by atoms with van der Waals surface area (Å²) in [6.07, 6.45) is 2.77. The number of carbonyl (C=O) groups excluding carboxylic acids is 1. The molecule has 1 aliphatic rings. The first kappa shape index (κ1) is 18.4. The van der Waals surface area contributed by atoms with Crippen molar-refractivity contribution in [2.75, 3.05) is 19.6 Å². The van der Waals surface area contributed by atoms with Crippen LogP contribution < -0.4 is 0 Å². The SMILES string of the molecule is O=C(CCN1CCC(=C(c2ccsc2)c2ccsc2)CC1)c1ccccc1. The Labute approximate surface area is 168 Å². The zero-order valence-electron chi connectivity index (χ0n) is 15.3. The van der Waals surface area contributed by atoms with Crippen LogP contribution in [0, 0.1) is 0 Å². The number of benzene rings is 1. The van der Waals surface area contributed by atoms with Gasteiger partial charge in [-0.15, -0.1) is 0 Å². The van der Waals surface area contributed by atoms with Crippen molar-refractivity contribution in [3.8, 4) is 0 Å². The summed E-state index contributed by atoms with van der Waals surface area (Å²) >= 11 is 3.52. The van der Waals surface area contributed by atoms with Gasteiger partial charge in [-0.1, -0.05) is 35.9 Å². The van der Waals surface area contributed by atoms with Crippen molar-refractivity contribution in [1.82, 2.24) is 4.90 Å². The molecule has 138 valence electrons. The highest BCUT2D eigenvalue weighted by Gasteiger charge is 2.20. The normalized spacial score (nSPS) is 15.0. The van der Waals surface area contributed by atoms with Crippen LogP contribution in [-0.4, -0.2) is 30.3 Å². The minimum absolute atomic E-state index is 0.245. The number of likely N-dealkylation sites (tertiary alicyclic amines) is 1. The van der Waals surface area contributed by atoms with E-state index < -0.39 is 0 Å². The monoisotopic (exact) mass is 393 g/mol. The van der Waals surface area contributed by atoms with Gasteiger partial charge in [0.25, 0.3) is 0 Å². The third-order valence-corrected chi connectivity index (χ3v) is 6.55. The van der Waals surface area contributed by atoms with Crippen LogP contribution in [0.15, 0.2) is 69.6 Å². The molecule has 3 aromatic rings. The van der Waals surface area contributed by atoms with Gasteiger partial charge in [0, 0.05) is 31.6 Å². The average molecular weight is 394 g/mol. The molecule has 1 saturated heterocycles. The van der Waals surface area contributed by atoms with Crippen LogP contribution in [0.1, 0.15) is 40.7 Å². The van der Waals surface area contributed by atoms with Crippen LogP contribution in [0.3, 0.4) is 0 Å². The fraction of sp³-hybridized carbons (Fsp3) is 0.261. The van der Waals surface area contributed by atoms with E-state index in [9.17, 15) is 4.79 Å². The first-order valence-corrected chi connectivity index (χ1v) is 11.3. The van der Waals surface area contributed by atoms with Gasteiger partial charge in [-0.05, 0) is 63.2 Å². The zero-order valence-corrected chi connectivity index (χ0v) is 16.9. The summed E-state index contributed by atoms with van der Waals surface area (Å²) in [5.74, 6) is 0.245. The van der Waals surface area contributed by atoms with E-state index in [-0.39, 0.29) is 5.78 Å². The van der Waals surface area contributed by atoms with Crippen molar-refractivity contribution in [2.24, 2.45) is 0 Å². The lowest BCUT2D eigenvalue weighted by atomic mass is 9.91. The molecule has 1 aromatic carbocycles. The second-order valence-corrected chi connectivity index (χ2v) is 8.44. The molecule has 0 bridgehead atoms. The third kappa shape index (κ3) is 4.46. The summed E-state index contributed by atoms with van der Waals surface area (Å²) < 4.78 is 0. The van der Waals surface area contributed by atoms with E-state index in [1.165, 1.54) is 16.7 Å². The minimum Gasteiger partial charge on any atom is -0.302 e. The van der Waals surface area contributed by atoms with Crippen LogP contribution >= 0.6 is 22.7 Å². The van der Waals surface area contributed by atoms with Crippen LogP contribution in [0.25, 0.3) is 5.57 Å². The number of rotatable bonds is 6. The van der Waals surface area contributed by atoms with Gasteiger partial charge >= 0.3 is 0 Å². The smallest absolute Gasteiger partial charge is 0.164 e. The second kappa shape index (κ2) is 8.79. The Balaban J connectivity index is 1.40. The molecule has 4 heteroatoms. The van der Waals surface area contributed by atoms with Gasteiger partial charge in [0.2, 0.25) is 0 Å². The Morgan fingerprint density at radius 3 is 2.04 bits per heavy atom. The zero-order chi connectivity index (χ0) is 18.5. The number of Topliss-reactive ketones (excluding diaryl/α,β-unsaturated/α-hetero) is 1. The predicted octanol–water partition coefficient (Wildman–Crippen LogP) is 5.98. The quantitative estimate of drug-likeness (QED) is 0.480. The maximum atomic E-state index is 12.3. The predicted molar refractivity (Wildman–Crippen MR) is 116 cm³/mol. The molecule has 1 fully saturated rings. The van der Waals surface area contributed by atoms with E-state index in [0.29, 0.717) is 6.42 Å². The molecule has 0 radical (unpaired) electrons. The van der Waals surface area contributed by atoms with Gasteiger partial charge in [-0.25, -0.2) is 0 Å². The highest BCUT2D eigenvalue weighted by atomic mass is 32.1. The van der Waals surface area contributed by atoms with E-state index in [1.54, 1.807) is 28.2 Å². The lowest BCUT2D eigenvalue weighted by Gasteiger charge is -2.29. The van der Waals surface area contributed by atoms with Gasteiger partial charge < -0.3 is 4.90 Å². The summed E-state index contributed by atoms with van der Waals surface area (Å²) in [6.45, 7) is 2.93. The Morgan fingerprint density at radius 1 is 0.852 bits per heavy atom. The fourth-order valence-corrected chi connectivity index (χ4v) is 5.01. The number of ketones is 1. The molecule has 0 spiro atoms.